The molecule has 2 aromatic rings. The molecule has 4 rings (SSSR count). The second kappa shape index (κ2) is 7.86. The van der Waals surface area contributed by atoms with Gasteiger partial charge in [-0.1, -0.05) is 57.2 Å². The predicted molar refractivity (Wildman–Crippen MR) is 116 cm³/mol. The van der Waals surface area contributed by atoms with E-state index in [9.17, 15) is 4.79 Å². The first-order chi connectivity index (χ1) is 13.9. The van der Waals surface area contributed by atoms with E-state index in [0.29, 0.717) is 24.0 Å². The van der Waals surface area contributed by atoms with Crippen molar-refractivity contribution in [2.24, 2.45) is 16.9 Å². The number of allylic oxidation sites excluding steroid dienone is 2. The summed E-state index contributed by atoms with van der Waals surface area (Å²) < 4.78 is 5.87. The Kier molecular flexibility index (Phi) is 5.27. The van der Waals surface area contributed by atoms with Crippen molar-refractivity contribution < 1.29 is 9.53 Å². The second-order valence-corrected chi connectivity index (χ2v) is 8.96. The number of nitrogens with one attached hydrogen (secondary N) is 1. The highest BCUT2D eigenvalue weighted by Gasteiger charge is 2.37. The van der Waals surface area contributed by atoms with Gasteiger partial charge in [0.1, 0.15) is 12.4 Å². The summed E-state index contributed by atoms with van der Waals surface area (Å²) in [5, 5.41) is 4.31. The van der Waals surface area contributed by atoms with E-state index < -0.39 is 0 Å². The summed E-state index contributed by atoms with van der Waals surface area (Å²) in [7, 11) is 0. The van der Waals surface area contributed by atoms with Crippen LogP contribution in [0.3, 0.4) is 0 Å². The SMILES string of the molecule is CC(C)(C)c1ccc(OCc2ccc(C(=O)N/N=C3/C[C@@H]4CC=C[C@@H]34)cc2)cc1. The van der Waals surface area contributed by atoms with Crippen molar-refractivity contribution in [2.75, 3.05) is 0 Å². The number of fused-ring (bicyclic) bond motifs is 1. The molecule has 0 unspecified atom stereocenters. The zero-order valence-corrected chi connectivity index (χ0v) is 17.3. The highest BCUT2D eigenvalue weighted by Crippen LogP contribution is 2.40. The zero-order valence-electron chi connectivity index (χ0n) is 17.3. The summed E-state index contributed by atoms with van der Waals surface area (Å²) in [4.78, 5) is 12.3. The predicted octanol–water partition coefficient (Wildman–Crippen LogP) is 5.24. The highest BCUT2D eigenvalue weighted by atomic mass is 16.5. The van der Waals surface area contributed by atoms with Crippen molar-refractivity contribution in [1.82, 2.24) is 5.43 Å². The van der Waals surface area contributed by atoms with Crippen LogP contribution in [0.15, 0.2) is 65.8 Å². The summed E-state index contributed by atoms with van der Waals surface area (Å²) in [6.07, 6.45) is 6.54. The largest absolute Gasteiger partial charge is 0.489 e. The molecule has 1 amide bonds. The Bertz CT molecular complexity index is 934. The fraction of sp³-hybridized carbons (Fsp3) is 0.360. The molecule has 29 heavy (non-hydrogen) atoms. The topological polar surface area (TPSA) is 50.7 Å². The van der Waals surface area contributed by atoms with Gasteiger partial charge in [0.2, 0.25) is 0 Å². The molecule has 2 atom stereocenters. The van der Waals surface area contributed by atoms with Gasteiger partial charge >= 0.3 is 0 Å². The smallest absolute Gasteiger partial charge is 0.271 e. The maximum Gasteiger partial charge on any atom is 0.271 e. The van der Waals surface area contributed by atoms with Gasteiger partial charge in [0.05, 0.1) is 0 Å². The van der Waals surface area contributed by atoms with E-state index in [1.54, 1.807) is 0 Å². The Balaban J connectivity index is 1.29. The molecule has 0 spiro atoms. The third-order valence-electron chi connectivity index (χ3n) is 5.79. The number of hydrogen-bond donors (Lipinski definition) is 1. The van der Waals surface area contributed by atoms with Gasteiger partial charge in [-0.05, 0) is 59.6 Å². The third kappa shape index (κ3) is 4.42. The minimum atomic E-state index is -0.173. The minimum Gasteiger partial charge on any atom is -0.489 e. The first-order valence-corrected chi connectivity index (χ1v) is 10.3. The zero-order chi connectivity index (χ0) is 20.4. The van der Waals surface area contributed by atoms with E-state index in [1.807, 2.05) is 36.4 Å². The average Bonchev–Trinajstić information content (AvgIpc) is 3.07. The molecule has 0 radical (unpaired) electrons. The summed E-state index contributed by atoms with van der Waals surface area (Å²) >= 11 is 0. The van der Waals surface area contributed by atoms with E-state index in [4.69, 9.17) is 4.74 Å². The molecule has 4 nitrogen and oxygen atoms in total. The number of nitrogens with zero attached hydrogens (tertiary/aromatic N) is 1. The molecule has 150 valence electrons. The lowest BCUT2D eigenvalue weighted by molar-refractivity contribution is 0.0954. The monoisotopic (exact) mass is 388 g/mol. The van der Waals surface area contributed by atoms with Crippen LogP contribution in [0.25, 0.3) is 0 Å². The van der Waals surface area contributed by atoms with Crippen LogP contribution < -0.4 is 10.2 Å². The van der Waals surface area contributed by atoms with Crippen LogP contribution in [0.1, 0.15) is 55.1 Å². The van der Waals surface area contributed by atoms with Gasteiger partial charge in [0, 0.05) is 17.2 Å². The van der Waals surface area contributed by atoms with E-state index in [0.717, 1.165) is 29.9 Å². The van der Waals surface area contributed by atoms with Gasteiger partial charge in [0.15, 0.2) is 0 Å². The van der Waals surface area contributed by atoms with E-state index >= 15 is 0 Å². The molecule has 0 aromatic heterocycles. The first kappa shape index (κ1) is 19.4. The molecule has 2 aliphatic rings. The number of rotatable bonds is 5. The lowest BCUT2D eigenvalue weighted by atomic mass is 9.74. The lowest BCUT2D eigenvalue weighted by Gasteiger charge is -2.31. The fourth-order valence-corrected chi connectivity index (χ4v) is 3.82. The van der Waals surface area contributed by atoms with Crippen molar-refractivity contribution in [3.63, 3.8) is 0 Å². The molecular weight excluding hydrogens is 360 g/mol. The molecule has 4 heteroatoms. The summed E-state index contributed by atoms with van der Waals surface area (Å²) in [5.41, 5.74) is 6.81. The Morgan fingerprint density at radius 2 is 1.83 bits per heavy atom. The van der Waals surface area contributed by atoms with Crippen molar-refractivity contribution in [2.45, 2.75) is 45.6 Å². The molecule has 1 fully saturated rings. The number of carbonyl (C=O) groups is 1. The highest BCUT2D eigenvalue weighted by molar-refractivity contribution is 5.98. The van der Waals surface area contributed by atoms with Gasteiger partial charge in [-0.2, -0.15) is 5.10 Å². The van der Waals surface area contributed by atoms with Gasteiger partial charge in [-0.3, -0.25) is 4.79 Å². The Morgan fingerprint density at radius 1 is 1.10 bits per heavy atom. The van der Waals surface area contributed by atoms with Crippen molar-refractivity contribution in [1.29, 1.82) is 0 Å². The van der Waals surface area contributed by atoms with Crippen LogP contribution in [0.2, 0.25) is 0 Å². The second-order valence-electron chi connectivity index (χ2n) is 8.96. The van der Waals surface area contributed by atoms with Gasteiger partial charge in [-0.25, -0.2) is 5.43 Å². The molecular formula is C25H28N2O2. The van der Waals surface area contributed by atoms with Crippen molar-refractivity contribution in [3.05, 3.63) is 77.4 Å². The van der Waals surface area contributed by atoms with Gasteiger partial charge < -0.3 is 4.74 Å². The molecule has 2 aromatic carbocycles. The quantitative estimate of drug-likeness (QED) is 0.562. The summed E-state index contributed by atoms with van der Waals surface area (Å²) in [6.45, 7) is 7.05. The maximum atomic E-state index is 12.3. The van der Waals surface area contributed by atoms with Crippen LogP contribution in [0, 0.1) is 11.8 Å². The van der Waals surface area contributed by atoms with E-state index in [1.165, 1.54) is 5.56 Å². The third-order valence-corrected chi connectivity index (χ3v) is 5.79. The lowest BCUT2D eigenvalue weighted by Crippen LogP contribution is -2.35. The van der Waals surface area contributed by atoms with Crippen molar-refractivity contribution in [3.8, 4) is 5.75 Å². The molecule has 2 aliphatic carbocycles. The van der Waals surface area contributed by atoms with Crippen molar-refractivity contribution >= 4 is 11.6 Å². The minimum absolute atomic E-state index is 0.133. The van der Waals surface area contributed by atoms with E-state index in [2.05, 4.69) is 55.6 Å². The molecule has 1 saturated carbocycles. The van der Waals surface area contributed by atoms with Gasteiger partial charge in [0.25, 0.3) is 5.91 Å². The molecule has 0 saturated heterocycles. The number of benzene rings is 2. The fourth-order valence-electron chi connectivity index (χ4n) is 3.82. The summed E-state index contributed by atoms with van der Waals surface area (Å²) in [5.74, 6) is 1.81. The molecule has 0 bridgehead atoms. The van der Waals surface area contributed by atoms with Crippen LogP contribution in [0.5, 0.6) is 5.75 Å². The Morgan fingerprint density at radius 3 is 2.48 bits per heavy atom. The molecule has 0 aliphatic heterocycles. The number of hydrogen-bond acceptors (Lipinski definition) is 3. The molecule has 0 heterocycles. The number of hydrazone groups is 1. The van der Waals surface area contributed by atoms with Crippen LogP contribution >= 0.6 is 0 Å². The van der Waals surface area contributed by atoms with Crippen LogP contribution in [0.4, 0.5) is 0 Å². The Labute approximate surface area is 172 Å². The number of amides is 1. The first-order valence-electron chi connectivity index (χ1n) is 10.3. The summed E-state index contributed by atoms with van der Waals surface area (Å²) in [6, 6.07) is 15.7. The number of ether oxygens (including phenoxy) is 1. The van der Waals surface area contributed by atoms with E-state index in [-0.39, 0.29) is 11.3 Å². The van der Waals surface area contributed by atoms with Crippen LogP contribution in [-0.4, -0.2) is 11.6 Å². The normalized spacial score (nSPS) is 21.6. The van der Waals surface area contributed by atoms with Gasteiger partial charge in [-0.15, -0.1) is 0 Å². The number of carbonyl (C=O) groups excluding carboxylic acids is 1. The standard InChI is InChI=1S/C25H28N2O2/c1-25(2,3)20-11-13-21(14-12-20)29-16-17-7-9-18(10-8-17)24(28)27-26-23-15-19-5-4-6-22(19)23/h4,6-14,19,22H,5,15-16H2,1-3H3,(H,27,28)/b26-23-/t19-,22+/m0/s1. The average molecular weight is 389 g/mol. The molecule has 1 N–H and O–H groups in total. The maximum absolute atomic E-state index is 12.3. The van der Waals surface area contributed by atoms with Crippen LogP contribution in [-0.2, 0) is 12.0 Å². The Hall–Kier alpha value is -2.88.